The normalized spacial score (nSPS) is 14.7. The molecule has 0 fully saturated rings. The topological polar surface area (TPSA) is 134 Å². The number of phosphoric ester groups is 1. The molecule has 2 atom stereocenters. The van der Waals surface area contributed by atoms with Crippen LogP contribution in [0.4, 0.5) is 0 Å². The van der Waals surface area contributed by atoms with E-state index < -0.39 is 32.5 Å². The average Bonchev–Trinajstić information content (AvgIpc) is 3.40. The maximum Gasteiger partial charge on any atom is 0.472 e. The van der Waals surface area contributed by atoms with Crippen molar-refractivity contribution in [3.63, 3.8) is 0 Å². The van der Waals surface area contributed by atoms with Gasteiger partial charge in [0.25, 0.3) is 0 Å². The van der Waals surface area contributed by atoms with E-state index in [0.29, 0.717) is 12.8 Å². The van der Waals surface area contributed by atoms with Gasteiger partial charge in [0, 0.05) is 13.0 Å². The number of hydrogen-bond donors (Lipinski definition) is 2. The third kappa shape index (κ3) is 57.7. The van der Waals surface area contributed by atoms with Crippen LogP contribution in [0.2, 0.25) is 0 Å². The van der Waals surface area contributed by atoms with Crippen LogP contribution in [0.5, 0.6) is 0 Å². The summed E-state index contributed by atoms with van der Waals surface area (Å²) in [6.07, 6.45) is 90.7. The molecule has 0 aromatic rings. The Morgan fingerprint density at radius 1 is 0.413 bits per heavy atom. The lowest BCUT2D eigenvalue weighted by molar-refractivity contribution is -0.160. The second-order valence-electron chi connectivity index (χ2n) is 17.0. The van der Waals surface area contributed by atoms with Crippen LogP contribution in [0, 0.1) is 0 Å². The summed E-state index contributed by atoms with van der Waals surface area (Å²) < 4.78 is 32.7. The number of hydrogen-bond acceptors (Lipinski definition) is 8. The number of carbonyl (C=O) groups is 2. The van der Waals surface area contributed by atoms with Gasteiger partial charge in [-0.1, -0.05) is 220 Å². The summed E-state index contributed by atoms with van der Waals surface area (Å²) in [7, 11) is -4.43. The fraction of sp³-hybridized carbons (Fsp3) is 0.446. The Labute approximate surface area is 455 Å². The fourth-order valence-corrected chi connectivity index (χ4v) is 6.98. The maximum absolute atomic E-state index is 12.6. The van der Waals surface area contributed by atoms with E-state index in [-0.39, 0.29) is 32.6 Å². The minimum absolute atomic E-state index is 0.0224. The summed E-state index contributed by atoms with van der Waals surface area (Å²) >= 11 is 0. The quantitative estimate of drug-likeness (QED) is 0.0264. The van der Waals surface area contributed by atoms with E-state index in [4.69, 9.17) is 24.3 Å². The van der Waals surface area contributed by atoms with E-state index in [1.807, 2.05) is 12.2 Å². The van der Waals surface area contributed by atoms with E-state index in [9.17, 15) is 19.0 Å². The molecule has 0 bridgehead atoms. The van der Waals surface area contributed by atoms with Crippen LogP contribution >= 0.6 is 7.82 Å². The van der Waals surface area contributed by atoms with Crippen LogP contribution in [0.15, 0.2) is 207 Å². The van der Waals surface area contributed by atoms with Crippen LogP contribution in [-0.2, 0) is 32.7 Å². The molecular weight excluding hydrogens is 954 g/mol. The first kappa shape index (κ1) is 69.6. The van der Waals surface area contributed by atoms with Crippen LogP contribution in [-0.4, -0.2) is 49.3 Å². The first-order chi connectivity index (χ1) is 36.8. The number of carbonyl (C=O) groups excluding carboxylic acids is 2. The molecule has 0 saturated heterocycles. The van der Waals surface area contributed by atoms with Crippen LogP contribution < -0.4 is 5.73 Å². The Morgan fingerprint density at radius 2 is 0.720 bits per heavy atom. The number of rotatable bonds is 48. The number of esters is 2. The van der Waals surface area contributed by atoms with Gasteiger partial charge in [-0.3, -0.25) is 18.6 Å². The van der Waals surface area contributed by atoms with Gasteiger partial charge in [0.1, 0.15) is 6.61 Å². The lowest BCUT2D eigenvalue weighted by Crippen LogP contribution is -2.29. The van der Waals surface area contributed by atoms with Gasteiger partial charge in [-0.2, -0.15) is 0 Å². The Morgan fingerprint density at radius 3 is 1.04 bits per heavy atom. The molecule has 0 aliphatic rings. The Kier molecular flexibility index (Phi) is 53.7. The van der Waals surface area contributed by atoms with Crippen molar-refractivity contribution in [1.29, 1.82) is 0 Å². The molecule has 0 aliphatic heterocycles. The van der Waals surface area contributed by atoms with Crippen molar-refractivity contribution in [2.75, 3.05) is 26.4 Å². The minimum atomic E-state index is -4.43. The summed E-state index contributed by atoms with van der Waals surface area (Å²) in [5.74, 6) is -1.05. The second kappa shape index (κ2) is 57.9. The zero-order valence-electron chi connectivity index (χ0n) is 45.9. The van der Waals surface area contributed by atoms with E-state index >= 15 is 0 Å². The molecule has 414 valence electrons. The summed E-state index contributed by atoms with van der Waals surface area (Å²) in [6, 6.07) is 0. The van der Waals surface area contributed by atoms with Crippen molar-refractivity contribution in [1.82, 2.24) is 0 Å². The fourth-order valence-electron chi connectivity index (χ4n) is 6.22. The standard InChI is InChI=1S/C65H96NO8P/c1-3-5-7-9-11-13-15-17-19-20-21-22-23-24-25-26-27-28-29-30-31-32-33-34-35-36-37-38-39-40-41-42-44-46-48-50-52-54-56-58-65(68)74-63(62-73-75(69,70)72-60-59-66)61-71-64(67)57-55-53-51-49-47-45-43-18-16-14-12-10-8-6-4-2/h5-8,11-14,17-19,21-22,24-25,27-28,30-31,33-34,36-37,39-40,42-44,47-50,53,55,63H,3-4,9-10,15-16,20,23,26,29,32,35,38,41,45-46,51-52,54,56-62,66H2,1-2H3,(H,69,70)/b7-5-,8-6-,13-11-,14-12-,19-17-,22-21-,25-24-,28-27-,31-30-,34-33-,37-36-,40-39-,43-18-,44-42-,49-47-,50-48-,55-53-. The molecule has 75 heavy (non-hydrogen) atoms. The van der Waals surface area contributed by atoms with Crippen LogP contribution in [0.25, 0.3) is 0 Å². The van der Waals surface area contributed by atoms with Gasteiger partial charge in [0.2, 0.25) is 0 Å². The van der Waals surface area contributed by atoms with Gasteiger partial charge in [0.15, 0.2) is 6.10 Å². The molecule has 0 saturated carbocycles. The molecule has 3 N–H and O–H groups in total. The highest BCUT2D eigenvalue weighted by molar-refractivity contribution is 7.47. The molecule has 0 aromatic carbocycles. The van der Waals surface area contributed by atoms with E-state index in [0.717, 1.165) is 116 Å². The largest absolute Gasteiger partial charge is 0.472 e. The number of allylic oxidation sites excluding steroid dienone is 33. The highest BCUT2D eigenvalue weighted by atomic mass is 31.2. The van der Waals surface area contributed by atoms with Crippen molar-refractivity contribution in [3.05, 3.63) is 207 Å². The summed E-state index contributed by atoms with van der Waals surface area (Å²) in [5.41, 5.74) is 5.35. The van der Waals surface area contributed by atoms with Crippen molar-refractivity contribution >= 4 is 19.8 Å². The number of unbranched alkanes of at least 4 members (excludes halogenated alkanes) is 2. The van der Waals surface area contributed by atoms with Crippen LogP contribution in [0.3, 0.4) is 0 Å². The predicted octanol–water partition coefficient (Wildman–Crippen LogP) is 17.6. The predicted molar refractivity (Wildman–Crippen MR) is 320 cm³/mol. The third-order valence-corrected chi connectivity index (χ3v) is 11.2. The number of ether oxygens (including phenoxy) is 2. The van der Waals surface area contributed by atoms with Gasteiger partial charge >= 0.3 is 19.8 Å². The zero-order valence-corrected chi connectivity index (χ0v) is 46.8. The van der Waals surface area contributed by atoms with Crippen molar-refractivity contribution in [2.45, 2.75) is 161 Å². The smallest absolute Gasteiger partial charge is 0.461 e. The molecule has 2 unspecified atom stereocenters. The third-order valence-electron chi connectivity index (χ3n) is 10.2. The number of phosphoric acid groups is 1. The lowest BCUT2D eigenvalue weighted by Gasteiger charge is -2.19. The first-order valence-corrected chi connectivity index (χ1v) is 29.1. The Bertz CT molecular complexity index is 1970. The van der Waals surface area contributed by atoms with Crippen molar-refractivity contribution in [3.8, 4) is 0 Å². The molecule has 0 amide bonds. The van der Waals surface area contributed by atoms with Gasteiger partial charge < -0.3 is 20.1 Å². The summed E-state index contributed by atoms with van der Waals surface area (Å²) in [6.45, 7) is 3.29. The molecule has 0 radical (unpaired) electrons. The SMILES string of the molecule is CC/C=C\C/C=C\C/C=C\C/C=C\C/C=C\C/C=C\C/C=C\C/C=C\C/C=C\C/C=C\C/C=C\C/C=C\CCCCC(=O)OC(COC(=O)C/C=C\C/C=C\C/C=C\C/C=C\C/C=C\CC)COP(=O)(O)OCCN. The number of nitrogens with two attached hydrogens (primary N) is 1. The van der Waals surface area contributed by atoms with Crippen molar-refractivity contribution in [2.24, 2.45) is 5.73 Å². The van der Waals surface area contributed by atoms with Crippen molar-refractivity contribution < 1.29 is 37.6 Å². The van der Waals surface area contributed by atoms with Crippen LogP contribution in [0.1, 0.15) is 155 Å². The molecule has 0 heterocycles. The lowest BCUT2D eigenvalue weighted by atomic mass is 10.2. The maximum atomic E-state index is 12.6. The summed E-state index contributed by atoms with van der Waals surface area (Å²) in [5, 5.41) is 0. The van der Waals surface area contributed by atoms with Gasteiger partial charge in [-0.15, -0.1) is 0 Å². The second-order valence-corrected chi connectivity index (χ2v) is 18.5. The molecule has 10 heteroatoms. The molecule has 0 rings (SSSR count). The highest BCUT2D eigenvalue weighted by Gasteiger charge is 2.25. The minimum Gasteiger partial charge on any atom is -0.461 e. The van der Waals surface area contributed by atoms with Gasteiger partial charge in [-0.05, 0) is 128 Å². The molecule has 0 aliphatic carbocycles. The summed E-state index contributed by atoms with van der Waals surface area (Å²) in [4.78, 5) is 34.9. The Balaban J connectivity index is 4.20. The average molecular weight is 1050 g/mol. The molecule has 0 spiro atoms. The molecular formula is C65H96NO8P. The van der Waals surface area contributed by atoms with Gasteiger partial charge in [0.05, 0.1) is 19.6 Å². The Hall–Kier alpha value is -5.41. The van der Waals surface area contributed by atoms with E-state index in [1.165, 1.54) is 0 Å². The van der Waals surface area contributed by atoms with E-state index in [2.05, 4.69) is 202 Å². The van der Waals surface area contributed by atoms with E-state index in [1.54, 1.807) is 6.08 Å². The molecule has 0 aromatic heterocycles. The zero-order chi connectivity index (χ0) is 54.5. The first-order valence-electron chi connectivity index (χ1n) is 27.6. The highest BCUT2D eigenvalue weighted by Crippen LogP contribution is 2.43. The monoisotopic (exact) mass is 1050 g/mol. The molecule has 9 nitrogen and oxygen atoms in total. The van der Waals surface area contributed by atoms with Gasteiger partial charge in [-0.25, -0.2) is 4.57 Å².